The standard InChI is InChI=1S/C27H31F3N8O2/c1-16-6-7-18(11-24(16)38-15-23(34-35-38)21-13-32-37(4)17(21)2)26(39)33-22-12-20(27(28,29)30)10-19(25(22)40-5)14-36(3)9-8-31/h6-7,10-13,15H,8-9,14,31H2,1-5H3,(H,33,39). The molecular weight excluding hydrogens is 525 g/mol. The minimum absolute atomic E-state index is 0.0873. The molecule has 2 aromatic carbocycles. The Morgan fingerprint density at radius 1 is 1.20 bits per heavy atom. The number of hydrogen-bond acceptors (Lipinski definition) is 7. The van der Waals surface area contributed by atoms with Crippen molar-refractivity contribution in [2.45, 2.75) is 26.6 Å². The molecule has 0 unspecified atom stereocenters. The van der Waals surface area contributed by atoms with E-state index in [1.165, 1.54) is 7.11 Å². The summed E-state index contributed by atoms with van der Waals surface area (Å²) in [6.07, 6.45) is -1.19. The van der Waals surface area contributed by atoms with Crippen molar-refractivity contribution < 1.29 is 22.7 Å². The number of carbonyl (C=O) groups is 1. The molecule has 40 heavy (non-hydrogen) atoms. The van der Waals surface area contributed by atoms with Crippen molar-refractivity contribution in [3.05, 3.63) is 70.7 Å². The van der Waals surface area contributed by atoms with Gasteiger partial charge in [0.15, 0.2) is 0 Å². The highest BCUT2D eigenvalue weighted by Crippen LogP contribution is 2.38. The van der Waals surface area contributed by atoms with Crippen LogP contribution < -0.4 is 15.8 Å². The number of alkyl halides is 3. The number of hydrogen-bond donors (Lipinski definition) is 2. The lowest BCUT2D eigenvalue weighted by molar-refractivity contribution is -0.137. The van der Waals surface area contributed by atoms with Crippen molar-refractivity contribution in [3.63, 3.8) is 0 Å². The first-order valence-electron chi connectivity index (χ1n) is 12.4. The molecule has 0 aliphatic rings. The molecule has 0 fully saturated rings. The summed E-state index contributed by atoms with van der Waals surface area (Å²) in [5.74, 6) is -0.464. The van der Waals surface area contributed by atoms with E-state index in [-0.39, 0.29) is 29.1 Å². The van der Waals surface area contributed by atoms with Crippen LogP contribution in [0.3, 0.4) is 0 Å². The Labute approximate surface area is 229 Å². The number of aryl methyl sites for hydroxylation is 2. The quantitative estimate of drug-likeness (QED) is 0.321. The third-order valence-corrected chi connectivity index (χ3v) is 6.62. The fourth-order valence-corrected chi connectivity index (χ4v) is 4.34. The number of amides is 1. The molecule has 0 saturated heterocycles. The van der Waals surface area contributed by atoms with E-state index < -0.39 is 17.6 Å². The predicted molar refractivity (Wildman–Crippen MR) is 144 cm³/mol. The zero-order valence-corrected chi connectivity index (χ0v) is 22.9. The Bertz CT molecular complexity index is 1530. The maximum Gasteiger partial charge on any atom is 0.416 e. The highest BCUT2D eigenvalue weighted by atomic mass is 19.4. The average molecular weight is 557 g/mol. The lowest BCUT2D eigenvalue weighted by atomic mass is 10.1. The van der Waals surface area contributed by atoms with Crippen LogP contribution in [0.4, 0.5) is 18.9 Å². The van der Waals surface area contributed by atoms with Crippen LogP contribution in [0, 0.1) is 13.8 Å². The molecule has 0 radical (unpaired) electrons. The number of rotatable bonds is 9. The third-order valence-electron chi connectivity index (χ3n) is 6.62. The van der Waals surface area contributed by atoms with Gasteiger partial charge in [0.1, 0.15) is 11.4 Å². The average Bonchev–Trinajstić information content (AvgIpc) is 3.50. The fourth-order valence-electron chi connectivity index (χ4n) is 4.34. The second kappa shape index (κ2) is 11.5. The topological polar surface area (TPSA) is 116 Å². The minimum Gasteiger partial charge on any atom is -0.494 e. The number of ether oxygens (including phenoxy) is 1. The van der Waals surface area contributed by atoms with Crippen LogP contribution in [-0.2, 0) is 19.8 Å². The van der Waals surface area contributed by atoms with Gasteiger partial charge in [0.25, 0.3) is 5.91 Å². The van der Waals surface area contributed by atoms with E-state index in [1.54, 1.807) is 51.9 Å². The van der Waals surface area contributed by atoms with Crippen LogP contribution in [0.1, 0.15) is 32.7 Å². The number of carbonyl (C=O) groups excluding carboxylic acids is 1. The van der Waals surface area contributed by atoms with Gasteiger partial charge in [-0.1, -0.05) is 11.3 Å². The Kier molecular flexibility index (Phi) is 8.26. The summed E-state index contributed by atoms with van der Waals surface area (Å²) in [4.78, 5) is 15.1. The molecule has 3 N–H and O–H groups in total. The maximum atomic E-state index is 13.8. The molecule has 13 heteroatoms. The summed E-state index contributed by atoms with van der Waals surface area (Å²) in [6, 6.07) is 6.83. The summed E-state index contributed by atoms with van der Waals surface area (Å²) < 4.78 is 50.0. The SMILES string of the molecule is COc1c(CN(C)CCN)cc(C(F)(F)F)cc1NC(=O)c1ccc(C)c(-n2cc(-c3cnn(C)c3C)nn2)c1. The van der Waals surface area contributed by atoms with E-state index >= 15 is 0 Å². The van der Waals surface area contributed by atoms with Gasteiger partial charge in [-0.25, -0.2) is 4.68 Å². The first-order chi connectivity index (χ1) is 18.9. The molecule has 4 rings (SSSR count). The van der Waals surface area contributed by atoms with Gasteiger partial charge in [0, 0.05) is 49.1 Å². The van der Waals surface area contributed by atoms with E-state index in [9.17, 15) is 18.0 Å². The second-order valence-electron chi connectivity index (χ2n) is 9.51. The van der Waals surface area contributed by atoms with Crippen LogP contribution >= 0.6 is 0 Å². The molecule has 4 aromatic rings. The van der Waals surface area contributed by atoms with E-state index in [0.717, 1.165) is 29.0 Å². The Balaban J connectivity index is 1.68. The van der Waals surface area contributed by atoms with Crippen molar-refractivity contribution in [2.75, 3.05) is 32.6 Å². The summed E-state index contributed by atoms with van der Waals surface area (Å²) in [6.45, 7) is 4.73. The largest absolute Gasteiger partial charge is 0.494 e. The predicted octanol–water partition coefficient (Wildman–Crippen LogP) is 3.95. The molecule has 0 bridgehead atoms. The number of nitrogens with one attached hydrogen (secondary N) is 1. The first-order valence-corrected chi connectivity index (χ1v) is 12.4. The van der Waals surface area contributed by atoms with E-state index in [1.807, 2.05) is 20.9 Å². The Hall–Kier alpha value is -4.23. The van der Waals surface area contributed by atoms with Crippen molar-refractivity contribution in [1.29, 1.82) is 0 Å². The highest BCUT2D eigenvalue weighted by Gasteiger charge is 2.33. The van der Waals surface area contributed by atoms with Crippen molar-refractivity contribution in [3.8, 4) is 22.7 Å². The van der Waals surface area contributed by atoms with Gasteiger partial charge in [-0.05, 0) is 50.7 Å². The normalized spacial score (nSPS) is 11.8. The smallest absolute Gasteiger partial charge is 0.416 e. The molecule has 1 amide bonds. The summed E-state index contributed by atoms with van der Waals surface area (Å²) >= 11 is 0. The second-order valence-corrected chi connectivity index (χ2v) is 9.51. The molecule has 2 aromatic heterocycles. The van der Waals surface area contributed by atoms with Crippen molar-refractivity contribution in [1.82, 2.24) is 29.7 Å². The van der Waals surface area contributed by atoms with Gasteiger partial charge < -0.3 is 20.7 Å². The molecule has 0 aliphatic heterocycles. The number of nitrogens with zero attached hydrogens (tertiary/aromatic N) is 6. The zero-order valence-electron chi connectivity index (χ0n) is 22.9. The van der Waals surface area contributed by atoms with Gasteiger partial charge in [0.2, 0.25) is 0 Å². The highest BCUT2D eigenvalue weighted by molar-refractivity contribution is 6.05. The van der Waals surface area contributed by atoms with Gasteiger partial charge in [-0.15, -0.1) is 5.10 Å². The van der Waals surface area contributed by atoms with Gasteiger partial charge in [-0.2, -0.15) is 18.3 Å². The number of aromatic nitrogens is 5. The van der Waals surface area contributed by atoms with Crippen LogP contribution in [-0.4, -0.2) is 62.8 Å². The minimum atomic E-state index is -4.62. The fraction of sp³-hybridized carbons (Fsp3) is 0.333. The van der Waals surface area contributed by atoms with E-state index in [4.69, 9.17) is 10.5 Å². The van der Waals surface area contributed by atoms with Gasteiger partial charge in [-0.3, -0.25) is 9.48 Å². The monoisotopic (exact) mass is 556 g/mol. The van der Waals surface area contributed by atoms with Crippen molar-refractivity contribution >= 4 is 11.6 Å². The number of benzene rings is 2. The molecular formula is C27H31F3N8O2. The first kappa shape index (κ1) is 28.8. The molecule has 0 atom stereocenters. The lowest BCUT2D eigenvalue weighted by Crippen LogP contribution is -2.25. The number of likely N-dealkylation sites (N-methyl/N-ethyl adjacent to an activating group) is 1. The third kappa shape index (κ3) is 6.00. The number of anilines is 1. The van der Waals surface area contributed by atoms with Crippen molar-refractivity contribution in [2.24, 2.45) is 12.8 Å². The van der Waals surface area contributed by atoms with E-state index in [2.05, 4.69) is 20.7 Å². The van der Waals surface area contributed by atoms with Crippen LogP contribution in [0.5, 0.6) is 5.75 Å². The lowest BCUT2D eigenvalue weighted by Gasteiger charge is -2.21. The number of nitrogens with two attached hydrogens (primary N) is 1. The number of halogens is 3. The summed E-state index contributed by atoms with van der Waals surface area (Å²) in [5, 5.41) is 15.3. The van der Waals surface area contributed by atoms with Gasteiger partial charge in [0.05, 0.1) is 36.4 Å². The molecule has 2 heterocycles. The van der Waals surface area contributed by atoms with E-state index in [0.29, 0.717) is 24.5 Å². The Morgan fingerprint density at radius 3 is 2.58 bits per heavy atom. The molecule has 0 aliphatic carbocycles. The maximum absolute atomic E-state index is 13.8. The van der Waals surface area contributed by atoms with Crippen LogP contribution in [0.15, 0.2) is 42.7 Å². The molecule has 10 nitrogen and oxygen atoms in total. The molecule has 212 valence electrons. The molecule has 0 saturated carbocycles. The van der Waals surface area contributed by atoms with Gasteiger partial charge >= 0.3 is 6.18 Å². The Morgan fingerprint density at radius 2 is 1.95 bits per heavy atom. The summed E-state index contributed by atoms with van der Waals surface area (Å²) in [5.41, 5.74) is 8.86. The summed E-state index contributed by atoms with van der Waals surface area (Å²) in [7, 11) is 4.92. The number of methoxy groups -OCH3 is 1. The van der Waals surface area contributed by atoms with Crippen LogP contribution in [0.2, 0.25) is 0 Å². The molecule has 0 spiro atoms. The van der Waals surface area contributed by atoms with Crippen LogP contribution in [0.25, 0.3) is 16.9 Å². The zero-order chi connectivity index (χ0) is 29.2.